The molecule has 0 atom stereocenters. The molecule has 17 heavy (non-hydrogen) atoms. The second kappa shape index (κ2) is 4.56. The molecule has 2 heterocycles. The summed E-state index contributed by atoms with van der Waals surface area (Å²) in [4.78, 5) is 30.5. The van der Waals surface area contributed by atoms with Crippen molar-refractivity contribution in [2.75, 3.05) is 5.32 Å². The SMILES string of the molecule is CC(=O)Nc1cc(C(=O)n2ccnc2)ccn1. The monoisotopic (exact) mass is 230 g/mol. The Balaban J connectivity index is 2.27. The number of hydrogen-bond donors (Lipinski definition) is 1. The molecule has 6 heteroatoms. The quantitative estimate of drug-likeness (QED) is 0.832. The third-order valence-electron chi connectivity index (χ3n) is 2.05. The average molecular weight is 230 g/mol. The third kappa shape index (κ3) is 2.54. The molecule has 2 rings (SSSR count). The van der Waals surface area contributed by atoms with Crippen LogP contribution in [0.1, 0.15) is 17.3 Å². The Labute approximate surface area is 97.3 Å². The summed E-state index contributed by atoms with van der Waals surface area (Å²) in [6.07, 6.45) is 5.96. The topological polar surface area (TPSA) is 76.9 Å². The largest absolute Gasteiger partial charge is 0.311 e. The van der Waals surface area contributed by atoms with Gasteiger partial charge in [-0.15, -0.1) is 0 Å². The minimum Gasteiger partial charge on any atom is -0.311 e. The van der Waals surface area contributed by atoms with E-state index in [0.29, 0.717) is 11.4 Å². The van der Waals surface area contributed by atoms with Crippen LogP contribution in [0.5, 0.6) is 0 Å². The zero-order valence-electron chi connectivity index (χ0n) is 9.12. The lowest BCUT2D eigenvalue weighted by atomic mass is 10.2. The molecule has 0 spiro atoms. The molecule has 0 aliphatic heterocycles. The van der Waals surface area contributed by atoms with E-state index in [-0.39, 0.29) is 11.8 Å². The first kappa shape index (κ1) is 11.0. The zero-order chi connectivity index (χ0) is 12.3. The molecule has 2 aromatic rings. The first-order valence-electron chi connectivity index (χ1n) is 4.93. The highest BCUT2D eigenvalue weighted by Gasteiger charge is 2.09. The van der Waals surface area contributed by atoms with Crippen LogP contribution in [-0.4, -0.2) is 26.3 Å². The van der Waals surface area contributed by atoms with Crippen LogP contribution in [-0.2, 0) is 4.79 Å². The Morgan fingerprint density at radius 3 is 2.82 bits per heavy atom. The van der Waals surface area contributed by atoms with Gasteiger partial charge in [0.2, 0.25) is 5.91 Å². The van der Waals surface area contributed by atoms with Gasteiger partial charge in [0, 0.05) is 31.1 Å². The van der Waals surface area contributed by atoms with E-state index >= 15 is 0 Å². The molecule has 0 aromatic carbocycles. The number of pyridine rings is 1. The molecule has 6 nitrogen and oxygen atoms in total. The summed E-state index contributed by atoms with van der Waals surface area (Å²) >= 11 is 0. The number of nitrogens with zero attached hydrogens (tertiary/aromatic N) is 3. The van der Waals surface area contributed by atoms with Crippen molar-refractivity contribution in [1.29, 1.82) is 0 Å². The smallest absolute Gasteiger partial charge is 0.263 e. The van der Waals surface area contributed by atoms with E-state index in [2.05, 4.69) is 15.3 Å². The van der Waals surface area contributed by atoms with Gasteiger partial charge in [0.1, 0.15) is 12.1 Å². The molecule has 0 unspecified atom stereocenters. The van der Waals surface area contributed by atoms with Crippen LogP contribution in [0.25, 0.3) is 0 Å². The number of carbonyl (C=O) groups excluding carboxylic acids is 2. The molecule has 0 saturated heterocycles. The number of imidazole rings is 1. The van der Waals surface area contributed by atoms with Crippen LogP contribution in [0.2, 0.25) is 0 Å². The summed E-state index contributed by atoms with van der Waals surface area (Å²) in [6.45, 7) is 1.38. The predicted molar refractivity (Wildman–Crippen MR) is 60.5 cm³/mol. The molecule has 2 aromatic heterocycles. The van der Waals surface area contributed by atoms with E-state index in [1.54, 1.807) is 12.3 Å². The van der Waals surface area contributed by atoms with Crippen LogP contribution in [0.4, 0.5) is 5.82 Å². The van der Waals surface area contributed by atoms with Crippen LogP contribution < -0.4 is 5.32 Å². The average Bonchev–Trinajstić information content (AvgIpc) is 2.81. The van der Waals surface area contributed by atoms with Crippen molar-refractivity contribution in [3.05, 3.63) is 42.6 Å². The van der Waals surface area contributed by atoms with Gasteiger partial charge in [0.05, 0.1) is 0 Å². The lowest BCUT2D eigenvalue weighted by Crippen LogP contribution is -2.12. The summed E-state index contributed by atoms with van der Waals surface area (Å²) in [6, 6.07) is 3.09. The molecule has 0 aliphatic carbocycles. The molecule has 0 aliphatic rings. The van der Waals surface area contributed by atoms with Crippen molar-refractivity contribution < 1.29 is 9.59 Å². The minimum atomic E-state index is -0.232. The van der Waals surface area contributed by atoms with Crippen molar-refractivity contribution in [3.8, 4) is 0 Å². The standard InChI is InChI=1S/C11H10N4O2/c1-8(16)14-10-6-9(2-3-13-10)11(17)15-5-4-12-7-15/h2-7H,1H3,(H,13,14,16). The highest BCUT2D eigenvalue weighted by atomic mass is 16.2. The van der Waals surface area contributed by atoms with E-state index in [9.17, 15) is 9.59 Å². The number of amides is 1. The molecule has 0 fully saturated rings. The number of anilines is 1. The summed E-state index contributed by atoms with van der Waals surface area (Å²) in [7, 11) is 0. The summed E-state index contributed by atoms with van der Waals surface area (Å²) in [5, 5.41) is 2.52. The number of nitrogens with one attached hydrogen (secondary N) is 1. The summed E-state index contributed by atoms with van der Waals surface area (Å²) in [5.41, 5.74) is 0.432. The van der Waals surface area contributed by atoms with Gasteiger partial charge in [-0.25, -0.2) is 9.97 Å². The maximum atomic E-state index is 11.9. The Bertz CT molecular complexity index is 548. The van der Waals surface area contributed by atoms with E-state index < -0.39 is 0 Å². The van der Waals surface area contributed by atoms with Crippen LogP contribution in [0, 0.1) is 0 Å². The molecule has 0 bridgehead atoms. The van der Waals surface area contributed by atoms with Crippen molar-refractivity contribution in [1.82, 2.24) is 14.5 Å². The van der Waals surface area contributed by atoms with E-state index in [1.807, 2.05) is 0 Å². The summed E-state index contributed by atoms with van der Waals surface area (Å²) in [5.74, 6) is -0.107. The Morgan fingerprint density at radius 2 is 2.18 bits per heavy atom. The maximum Gasteiger partial charge on any atom is 0.263 e. The highest BCUT2D eigenvalue weighted by Crippen LogP contribution is 2.08. The van der Waals surface area contributed by atoms with Crippen molar-refractivity contribution >= 4 is 17.6 Å². The van der Waals surface area contributed by atoms with Crippen LogP contribution >= 0.6 is 0 Å². The van der Waals surface area contributed by atoms with Gasteiger partial charge < -0.3 is 5.32 Å². The van der Waals surface area contributed by atoms with E-state index in [1.165, 1.54) is 36.3 Å². The minimum absolute atomic E-state index is 0.225. The van der Waals surface area contributed by atoms with Gasteiger partial charge >= 0.3 is 0 Å². The Hall–Kier alpha value is -2.50. The second-order valence-electron chi connectivity index (χ2n) is 3.39. The first-order valence-corrected chi connectivity index (χ1v) is 4.93. The summed E-state index contributed by atoms with van der Waals surface area (Å²) < 4.78 is 1.35. The number of hydrogen-bond acceptors (Lipinski definition) is 4. The van der Waals surface area contributed by atoms with Gasteiger partial charge in [0.25, 0.3) is 5.91 Å². The fraction of sp³-hybridized carbons (Fsp3) is 0.0909. The zero-order valence-corrected chi connectivity index (χ0v) is 9.12. The Kier molecular flexibility index (Phi) is 2.95. The normalized spacial score (nSPS) is 9.94. The third-order valence-corrected chi connectivity index (χ3v) is 2.05. The molecule has 1 N–H and O–H groups in total. The fourth-order valence-corrected chi connectivity index (χ4v) is 1.34. The van der Waals surface area contributed by atoms with Gasteiger partial charge in [-0.2, -0.15) is 0 Å². The van der Waals surface area contributed by atoms with Crippen LogP contribution in [0.3, 0.4) is 0 Å². The van der Waals surface area contributed by atoms with E-state index in [0.717, 1.165) is 0 Å². The van der Waals surface area contributed by atoms with Crippen molar-refractivity contribution in [3.63, 3.8) is 0 Å². The lowest BCUT2D eigenvalue weighted by molar-refractivity contribution is -0.114. The van der Waals surface area contributed by atoms with E-state index in [4.69, 9.17) is 0 Å². The van der Waals surface area contributed by atoms with Gasteiger partial charge in [-0.05, 0) is 12.1 Å². The number of carbonyl (C=O) groups is 2. The molecular weight excluding hydrogens is 220 g/mol. The van der Waals surface area contributed by atoms with Gasteiger partial charge in [-0.3, -0.25) is 14.2 Å². The molecule has 0 saturated carbocycles. The van der Waals surface area contributed by atoms with Crippen LogP contribution in [0.15, 0.2) is 37.1 Å². The Morgan fingerprint density at radius 1 is 1.35 bits per heavy atom. The first-order chi connectivity index (χ1) is 8.16. The van der Waals surface area contributed by atoms with Crippen molar-refractivity contribution in [2.24, 2.45) is 0 Å². The maximum absolute atomic E-state index is 11.9. The molecule has 0 radical (unpaired) electrons. The van der Waals surface area contributed by atoms with Crippen molar-refractivity contribution in [2.45, 2.75) is 6.92 Å². The second-order valence-corrected chi connectivity index (χ2v) is 3.39. The number of aromatic nitrogens is 3. The highest BCUT2D eigenvalue weighted by molar-refractivity contribution is 5.97. The predicted octanol–water partition coefficient (Wildman–Crippen LogP) is 0.925. The number of rotatable bonds is 2. The van der Waals surface area contributed by atoms with Gasteiger partial charge in [-0.1, -0.05) is 0 Å². The molecule has 86 valence electrons. The lowest BCUT2D eigenvalue weighted by Gasteiger charge is -2.04. The molecular formula is C11H10N4O2. The fourth-order valence-electron chi connectivity index (χ4n) is 1.34. The molecule has 1 amide bonds. The van der Waals surface area contributed by atoms with Gasteiger partial charge in [0.15, 0.2) is 0 Å².